The summed E-state index contributed by atoms with van der Waals surface area (Å²) in [5.41, 5.74) is 0. The van der Waals surface area contributed by atoms with Crippen molar-refractivity contribution in [3.8, 4) is 0 Å². The molecule has 2 heteroatoms. The summed E-state index contributed by atoms with van der Waals surface area (Å²) >= 11 is 0. The van der Waals surface area contributed by atoms with Gasteiger partial charge in [-0.3, -0.25) is 0 Å². The van der Waals surface area contributed by atoms with E-state index in [4.69, 9.17) is 4.74 Å². The largest absolute Gasteiger partial charge is 0.378 e. The molecule has 0 aromatic carbocycles. The second-order valence-corrected chi connectivity index (χ2v) is 4.23. The van der Waals surface area contributed by atoms with E-state index < -0.39 is 0 Å². The van der Waals surface area contributed by atoms with Crippen molar-refractivity contribution < 1.29 is 4.74 Å². The van der Waals surface area contributed by atoms with Crippen LogP contribution >= 0.6 is 0 Å². The van der Waals surface area contributed by atoms with E-state index in [-0.39, 0.29) is 0 Å². The molecule has 0 aromatic rings. The lowest BCUT2D eigenvalue weighted by Gasteiger charge is -2.16. The zero-order valence-electron chi connectivity index (χ0n) is 9.72. The SMILES string of the molecule is CCNC(CC)CCCC1CCCO1. The molecule has 0 bridgehead atoms. The van der Waals surface area contributed by atoms with E-state index in [9.17, 15) is 0 Å². The Morgan fingerprint density at radius 2 is 2.29 bits per heavy atom. The highest BCUT2D eigenvalue weighted by Gasteiger charge is 2.15. The molecule has 0 aliphatic carbocycles. The van der Waals surface area contributed by atoms with E-state index in [2.05, 4.69) is 19.2 Å². The zero-order chi connectivity index (χ0) is 10.2. The van der Waals surface area contributed by atoms with Gasteiger partial charge in [0, 0.05) is 12.6 Å². The predicted octanol–water partition coefficient (Wildman–Crippen LogP) is 2.72. The van der Waals surface area contributed by atoms with Crippen LogP contribution in [0, 0.1) is 0 Å². The molecule has 1 aliphatic rings. The fourth-order valence-electron chi connectivity index (χ4n) is 2.20. The Kier molecular flexibility index (Phi) is 6.20. The first-order valence-corrected chi connectivity index (χ1v) is 6.21. The summed E-state index contributed by atoms with van der Waals surface area (Å²) in [4.78, 5) is 0. The fourth-order valence-corrected chi connectivity index (χ4v) is 2.20. The summed E-state index contributed by atoms with van der Waals surface area (Å²) in [5.74, 6) is 0. The van der Waals surface area contributed by atoms with Gasteiger partial charge in [-0.1, -0.05) is 13.8 Å². The van der Waals surface area contributed by atoms with Gasteiger partial charge in [0.2, 0.25) is 0 Å². The van der Waals surface area contributed by atoms with Crippen molar-refractivity contribution >= 4 is 0 Å². The minimum atomic E-state index is 0.578. The molecule has 14 heavy (non-hydrogen) atoms. The molecule has 0 radical (unpaired) electrons. The number of hydrogen-bond acceptors (Lipinski definition) is 2. The normalized spacial score (nSPS) is 24.0. The summed E-state index contributed by atoms with van der Waals surface area (Å²) in [6.07, 6.45) is 8.28. The van der Waals surface area contributed by atoms with Crippen molar-refractivity contribution in [3.63, 3.8) is 0 Å². The molecule has 1 fully saturated rings. The molecule has 84 valence electrons. The van der Waals surface area contributed by atoms with E-state index in [1.165, 1.54) is 38.5 Å². The third-order valence-electron chi connectivity index (χ3n) is 3.09. The van der Waals surface area contributed by atoms with Gasteiger partial charge in [-0.15, -0.1) is 0 Å². The third-order valence-corrected chi connectivity index (χ3v) is 3.09. The molecular formula is C12H25NO. The Labute approximate surface area is 88.4 Å². The quantitative estimate of drug-likeness (QED) is 0.680. The van der Waals surface area contributed by atoms with Gasteiger partial charge in [0.1, 0.15) is 0 Å². The molecule has 2 atom stereocenters. The van der Waals surface area contributed by atoms with Crippen LogP contribution in [0.15, 0.2) is 0 Å². The van der Waals surface area contributed by atoms with Crippen LogP contribution in [0.2, 0.25) is 0 Å². The minimum Gasteiger partial charge on any atom is -0.378 e. The van der Waals surface area contributed by atoms with Crippen molar-refractivity contribution in [1.82, 2.24) is 5.32 Å². The van der Waals surface area contributed by atoms with Gasteiger partial charge in [-0.05, 0) is 45.1 Å². The van der Waals surface area contributed by atoms with Crippen LogP contribution in [0.1, 0.15) is 52.4 Å². The fraction of sp³-hybridized carbons (Fsp3) is 1.00. The highest BCUT2D eigenvalue weighted by molar-refractivity contribution is 4.68. The smallest absolute Gasteiger partial charge is 0.0576 e. The molecule has 1 rings (SSSR count). The van der Waals surface area contributed by atoms with Gasteiger partial charge in [0.25, 0.3) is 0 Å². The molecule has 2 nitrogen and oxygen atoms in total. The number of ether oxygens (including phenoxy) is 1. The van der Waals surface area contributed by atoms with Crippen molar-refractivity contribution in [2.45, 2.75) is 64.5 Å². The zero-order valence-corrected chi connectivity index (χ0v) is 9.72. The minimum absolute atomic E-state index is 0.578. The lowest BCUT2D eigenvalue weighted by Crippen LogP contribution is -2.28. The summed E-state index contributed by atoms with van der Waals surface area (Å²) in [5, 5.41) is 3.52. The van der Waals surface area contributed by atoms with Crippen LogP contribution in [0.3, 0.4) is 0 Å². The van der Waals surface area contributed by atoms with Gasteiger partial charge in [0.15, 0.2) is 0 Å². The Morgan fingerprint density at radius 1 is 1.43 bits per heavy atom. The van der Waals surface area contributed by atoms with Crippen molar-refractivity contribution in [1.29, 1.82) is 0 Å². The molecule has 0 saturated carbocycles. The molecule has 1 N–H and O–H groups in total. The van der Waals surface area contributed by atoms with Crippen LogP contribution < -0.4 is 5.32 Å². The standard InChI is InChI=1S/C12H25NO/c1-3-11(13-4-2)7-5-8-12-9-6-10-14-12/h11-13H,3-10H2,1-2H3. The van der Waals surface area contributed by atoms with Crippen LogP contribution in [-0.4, -0.2) is 25.3 Å². The predicted molar refractivity (Wildman–Crippen MR) is 60.6 cm³/mol. The Balaban J connectivity index is 2.00. The van der Waals surface area contributed by atoms with E-state index in [0.717, 1.165) is 19.2 Å². The second kappa shape index (κ2) is 7.24. The number of rotatable bonds is 7. The summed E-state index contributed by atoms with van der Waals surface area (Å²) in [7, 11) is 0. The number of hydrogen-bond donors (Lipinski definition) is 1. The Hall–Kier alpha value is -0.0800. The van der Waals surface area contributed by atoms with Crippen LogP contribution in [0.5, 0.6) is 0 Å². The maximum Gasteiger partial charge on any atom is 0.0576 e. The first-order valence-electron chi connectivity index (χ1n) is 6.21. The third kappa shape index (κ3) is 4.43. The first-order chi connectivity index (χ1) is 6.86. The summed E-state index contributed by atoms with van der Waals surface area (Å²) in [6, 6.07) is 0.724. The Bertz CT molecular complexity index is 132. The van der Waals surface area contributed by atoms with Gasteiger partial charge in [-0.2, -0.15) is 0 Å². The van der Waals surface area contributed by atoms with Crippen molar-refractivity contribution in [3.05, 3.63) is 0 Å². The molecule has 0 aromatic heterocycles. The van der Waals surface area contributed by atoms with E-state index in [0.29, 0.717) is 6.10 Å². The lowest BCUT2D eigenvalue weighted by atomic mass is 10.0. The van der Waals surface area contributed by atoms with E-state index in [1.54, 1.807) is 0 Å². The van der Waals surface area contributed by atoms with Gasteiger partial charge in [0.05, 0.1) is 6.10 Å². The number of nitrogens with one attached hydrogen (secondary N) is 1. The molecule has 1 heterocycles. The molecular weight excluding hydrogens is 174 g/mol. The van der Waals surface area contributed by atoms with Gasteiger partial charge in [-0.25, -0.2) is 0 Å². The Morgan fingerprint density at radius 3 is 2.86 bits per heavy atom. The highest BCUT2D eigenvalue weighted by atomic mass is 16.5. The van der Waals surface area contributed by atoms with Crippen LogP contribution in [0.25, 0.3) is 0 Å². The average molecular weight is 199 g/mol. The highest BCUT2D eigenvalue weighted by Crippen LogP contribution is 2.18. The maximum absolute atomic E-state index is 5.61. The topological polar surface area (TPSA) is 21.3 Å². The average Bonchev–Trinajstić information content (AvgIpc) is 2.69. The van der Waals surface area contributed by atoms with Crippen molar-refractivity contribution in [2.24, 2.45) is 0 Å². The van der Waals surface area contributed by atoms with Gasteiger partial charge >= 0.3 is 0 Å². The van der Waals surface area contributed by atoms with Crippen LogP contribution in [0.4, 0.5) is 0 Å². The monoisotopic (exact) mass is 199 g/mol. The summed E-state index contributed by atoms with van der Waals surface area (Å²) < 4.78 is 5.61. The molecule has 1 saturated heterocycles. The molecule has 2 unspecified atom stereocenters. The van der Waals surface area contributed by atoms with Crippen LogP contribution in [-0.2, 0) is 4.74 Å². The van der Waals surface area contributed by atoms with E-state index in [1.807, 2.05) is 0 Å². The lowest BCUT2D eigenvalue weighted by molar-refractivity contribution is 0.101. The van der Waals surface area contributed by atoms with E-state index >= 15 is 0 Å². The maximum atomic E-state index is 5.61. The van der Waals surface area contributed by atoms with Gasteiger partial charge < -0.3 is 10.1 Å². The first kappa shape index (κ1) is 12.0. The summed E-state index contributed by atoms with van der Waals surface area (Å²) in [6.45, 7) is 6.54. The molecule has 0 spiro atoms. The molecule has 0 amide bonds. The van der Waals surface area contributed by atoms with Crippen molar-refractivity contribution in [2.75, 3.05) is 13.2 Å². The molecule has 1 aliphatic heterocycles. The second-order valence-electron chi connectivity index (χ2n) is 4.23.